The normalized spacial score (nSPS) is 15.5. The Morgan fingerprint density at radius 1 is 1.80 bits per heavy atom. The highest BCUT2D eigenvalue weighted by Gasteiger charge is 2.08. The van der Waals surface area contributed by atoms with E-state index in [0.717, 1.165) is 0 Å². The second kappa shape index (κ2) is 3.06. The molecule has 3 nitrogen and oxygen atoms in total. The Morgan fingerprint density at radius 2 is 2.60 bits per heavy atom. The average Bonchev–Trinajstić information content (AvgIpc) is 2.05. The summed E-state index contributed by atoms with van der Waals surface area (Å²) in [5, 5.41) is 2.90. The summed E-state index contributed by atoms with van der Waals surface area (Å²) in [5.74, 6) is -0.267. The molecule has 0 aromatic carbocycles. The molecule has 0 radical (unpaired) electrons. The smallest absolute Gasteiger partial charge is 0.335 e. The number of dihydropyridines is 1. The van der Waals surface area contributed by atoms with Crippen LogP contribution < -0.4 is 5.32 Å². The fraction of sp³-hybridized carbons (Fsp3) is 0.286. The maximum absolute atomic E-state index is 10.8. The van der Waals surface area contributed by atoms with Crippen LogP contribution in [-0.4, -0.2) is 19.6 Å². The third kappa shape index (κ3) is 1.37. The Bertz CT molecular complexity index is 194. The number of carbonyl (C=O) groups excluding carboxylic acids is 1. The topological polar surface area (TPSA) is 38.3 Å². The van der Waals surface area contributed by atoms with Gasteiger partial charge in [0.2, 0.25) is 0 Å². The van der Waals surface area contributed by atoms with Gasteiger partial charge >= 0.3 is 5.97 Å². The Balaban J connectivity index is 2.62. The summed E-state index contributed by atoms with van der Waals surface area (Å²) < 4.78 is 4.51. The van der Waals surface area contributed by atoms with E-state index in [-0.39, 0.29) is 5.97 Å². The van der Waals surface area contributed by atoms with E-state index in [2.05, 4.69) is 10.1 Å². The molecule has 1 rings (SSSR count). The first-order valence-corrected chi connectivity index (χ1v) is 3.02. The van der Waals surface area contributed by atoms with Crippen LogP contribution in [0.1, 0.15) is 0 Å². The second-order valence-electron chi connectivity index (χ2n) is 1.92. The third-order valence-corrected chi connectivity index (χ3v) is 1.25. The van der Waals surface area contributed by atoms with Crippen molar-refractivity contribution in [3.05, 3.63) is 23.9 Å². The summed E-state index contributed by atoms with van der Waals surface area (Å²) in [6.07, 6.45) is 5.30. The van der Waals surface area contributed by atoms with Crippen molar-refractivity contribution in [1.29, 1.82) is 0 Å². The van der Waals surface area contributed by atoms with Crippen LogP contribution in [0.5, 0.6) is 0 Å². The molecule has 0 unspecified atom stereocenters. The van der Waals surface area contributed by atoms with Gasteiger partial charge in [0, 0.05) is 6.54 Å². The molecule has 1 aliphatic heterocycles. The van der Waals surface area contributed by atoms with Crippen LogP contribution in [0.4, 0.5) is 0 Å². The lowest BCUT2D eigenvalue weighted by atomic mass is 10.2. The van der Waals surface area contributed by atoms with Crippen LogP contribution >= 0.6 is 0 Å². The highest BCUT2D eigenvalue weighted by Crippen LogP contribution is 1.99. The molecule has 10 heavy (non-hydrogen) atoms. The van der Waals surface area contributed by atoms with Gasteiger partial charge in [-0.25, -0.2) is 4.79 Å². The lowest BCUT2D eigenvalue weighted by Gasteiger charge is -2.07. The Morgan fingerprint density at radius 3 is 3.10 bits per heavy atom. The zero-order valence-electron chi connectivity index (χ0n) is 5.76. The highest BCUT2D eigenvalue weighted by atomic mass is 16.5. The number of nitrogens with one attached hydrogen (secondary N) is 1. The van der Waals surface area contributed by atoms with Gasteiger partial charge in [-0.05, 0) is 18.4 Å². The standard InChI is InChI=1S/C7H9NO2/c1-10-7(9)6-3-2-4-8-5-6/h2-4,8H,5H2,1H3. The van der Waals surface area contributed by atoms with E-state index in [1.54, 1.807) is 18.4 Å². The average molecular weight is 139 g/mol. The minimum absolute atomic E-state index is 0.267. The molecule has 0 bridgehead atoms. The Labute approximate surface area is 59.4 Å². The molecular weight excluding hydrogens is 130 g/mol. The summed E-state index contributed by atoms with van der Waals surface area (Å²) in [6.45, 7) is 0.559. The zero-order valence-corrected chi connectivity index (χ0v) is 5.76. The molecule has 0 aromatic rings. The summed E-state index contributed by atoms with van der Waals surface area (Å²) in [6, 6.07) is 0. The van der Waals surface area contributed by atoms with E-state index in [0.29, 0.717) is 12.1 Å². The summed E-state index contributed by atoms with van der Waals surface area (Å²) in [5.41, 5.74) is 0.657. The first-order valence-electron chi connectivity index (χ1n) is 3.02. The van der Waals surface area contributed by atoms with Gasteiger partial charge in [0.25, 0.3) is 0 Å². The van der Waals surface area contributed by atoms with Gasteiger partial charge in [0.1, 0.15) is 0 Å². The summed E-state index contributed by atoms with van der Waals surface area (Å²) in [7, 11) is 1.38. The Kier molecular flexibility index (Phi) is 2.10. The molecule has 54 valence electrons. The summed E-state index contributed by atoms with van der Waals surface area (Å²) in [4.78, 5) is 10.8. The highest BCUT2D eigenvalue weighted by molar-refractivity contribution is 5.89. The SMILES string of the molecule is COC(=O)C1=CC=CNC1. The van der Waals surface area contributed by atoms with Crippen LogP contribution in [-0.2, 0) is 9.53 Å². The third-order valence-electron chi connectivity index (χ3n) is 1.25. The van der Waals surface area contributed by atoms with E-state index in [9.17, 15) is 4.79 Å². The molecule has 1 N–H and O–H groups in total. The lowest BCUT2D eigenvalue weighted by Crippen LogP contribution is -2.19. The first kappa shape index (κ1) is 6.86. The molecule has 0 aliphatic carbocycles. The van der Waals surface area contributed by atoms with Crippen molar-refractivity contribution in [3.8, 4) is 0 Å². The number of rotatable bonds is 1. The van der Waals surface area contributed by atoms with Crippen molar-refractivity contribution in [2.24, 2.45) is 0 Å². The van der Waals surface area contributed by atoms with Gasteiger partial charge < -0.3 is 10.1 Å². The Hall–Kier alpha value is -1.25. The van der Waals surface area contributed by atoms with Crippen LogP contribution in [0.3, 0.4) is 0 Å². The fourth-order valence-corrected chi connectivity index (χ4v) is 0.731. The van der Waals surface area contributed by atoms with Crippen LogP contribution in [0, 0.1) is 0 Å². The van der Waals surface area contributed by atoms with E-state index in [1.807, 2.05) is 0 Å². The molecular formula is C7H9NO2. The lowest BCUT2D eigenvalue weighted by molar-refractivity contribution is -0.136. The fourth-order valence-electron chi connectivity index (χ4n) is 0.731. The van der Waals surface area contributed by atoms with Crippen molar-refractivity contribution >= 4 is 5.97 Å². The van der Waals surface area contributed by atoms with Gasteiger partial charge in [-0.2, -0.15) is 0 Å². The quantitative estimate of drug-likeness (QED) is 0.527. The molecule has 1 aliphatic rings. The van der Waals surface area contributed by atoms with E-state index in [4.69, 9.17) is 0 Å². The number of methoxy groups -OCH3 is 1. The van der Waals surface area contributed by atoms with Gasteiger partial charge in [-0.3, -0.25) is 0 Å². The maximum atomic E-state index is 10.8. The van der Waals surface area contributed by atoms with Crippen molar-refractivity contribution in [2.45, 2.75) is 0 Å². The second-order valence-corrected chi connectivity index (χ2v) is 1.92. The van der Waals surface area contributed by atoms with Gasteiger partial charge in [-0.1, -0.05) is 0 Å². The predicted molar refractivity (Wildman–Crippen MR) is 37.2 cm³/mol. The van der Waals surface area contributed by atoms with E-state index >= 15 is 0 Å². The molecule has 0 spiro atoms. The van der Waals surface area contributed by atoms with E-state index < -0.39 is 0 Å². The summed E-state index contributed by atoms with van der Waals surface area (Å²) >= 11 is 0. The van der Waals surface area contributed by atoms with Gasteiger partial charge in [0.15, 0.2) is 0 Å². The molecule has 0 atom stereocenters. The first-order chi connectivity index (χ1) is 4.84. The van der Waals surface area contributed by atoms with Gasteiger partial charge in [-0.15, -0.1) is 0 Å². The number of carbonyl (C=O) groups is 1. The molecule has 1 heterocycles. The van der Waals surface area contributed by atoms with Crippen molar-refractivity contribution in [1.82, 2.24) is 5.32 Å². The van der Waals surface area contributed by atoms with E-state index in [1.165, 1.54) is 7.11 Å². The number of esters is 1. The van der Waals surface area contributed by atoms with Crippen molar-refractivity contribution in [2.75, 3.05) is 13.7 Å². The molecule has 0 fully saturated rings. The zero-order chi connectivity index (χ0) is 7.40. The number of hydrogen-bond donors (Lipinski definition) is 1. The van der Waals surface area contributed by atoms with Crippen molar-refractivity contribution < 1.29 is 9.53 Å². The maximum Gasteiger partial charge on any atom is 0.335 e. The van der Waals surface area contributed by atoms with Crippen molar-refractivity contribution in [3.63, 3.8) is 0 Å². The number of ether oxygens (including phenoxy) is 1. The molecule has 3 heteroatoms. The number of allylic oxidation sites excluding steroid dienone is 2. The molecule has 0 aromatic heterocycles. The molecule has 0 saturated carbocycles. The minimum atomic E-state index is -0.267. The minimum Gasteiger partial charge on any atom is -0.466 e. The van der Waals surface area contributed by atoms with Crippen LogP contribution in [0.25, 0.3) is 0 Å². The monoisotopic (exact) mass is 139 g/mol. The molecule has 0 saturated heterocycles. The van der Waals surface area contributed by atoms with Crippen LogP contribution in [0.15, 0.2) is 23.9 Å². The predicted octanol–water partition coefficient (Wildman–Crippen LogP) is 0.203. The van der Waals surface area contributed by atoms with Gasteiger partial charge in [0.05, 0.1) is 12.7 Å². The number of hydrogen-bond acceptors (Lipinski definition) is 3. The van der Waals surface area contributed by atoms with Crippen LogP contribution in [0.2, 0.25) is 0 Å². The molecule has 0 amide bonds. The largest absolute Gasteiger partial charge is 0.466 e.